The minimum Gasteiger partial charge on any atom is -0.247 e. The highest BCUT2D eigenvalue weighted by atomic mass is 32.2. The molecule has 0 bridgehead atoms. The monoisotopic (exact) mass is 140 g/mol. The molecule has 0 saturated heterocycles. The van der Waals surface area contributed by atoms with Gasteiger partial charge in [0, 0.05) is 6.26 Å². The highest BCUT2D eigenvalue weighted by Crippen LogP contribution is 1.92. The third kappa shape index (κ3) is 5.88. The molecule has 50 valence electrons. The zero-order valence-corrected chi connectivity index (χ0v) is 5.70. The van der Waals surface area contributed by atoms with Crippen LogP contribution in [0.2, 0.25) is 0 Å². The van der Waals surface area contributed by atoms with Gasteiger partial charge in [0.2, 0.25) is 0 Å². The summed E-state index contributed by atoms with van der Waals surface area (Å²) in [6.07, 6.45) is -0.228. The van der Waals surface area contributed by atoms with Crippen LogP contribution in [0.5, 0.6) is 0 Å². The molecule has 0 fully saturated rings. The van der Waals surface area contributed by atoms with Gasteiger partial charge in [-0.05, 0) is 6.92 Å². The van der Waals surface area contributed by atoms with E-state index in [9.17, 15) is 12.8 Å². The molecule has 0 saturated carbocycles. The van der Waals surface area contributed by atoms with E-state index in [0.717, 1.165) is 6.26 Å². The summed E-state index contributed by atoms with van der Waals surface area (Å²) in [5.41, 5.74) is 0. The number of rotatable bonds is 2. The van der Waals surface area contributed by atoms with Crippen molar-refractivity contribution in [1.82, 2.24) is 0 Å². The fraction of sp³-hybridized carbons (Fsp3) is 1.00. The van der Waals surface area contributed by atoms with Crippen LogP contribution in [0.4, 0.5) is 4.39 Å². The van der Waals surface area contributed by atoms with Crippen LogP contribution in [0, 0.1) is 0 Å². The molecule has 0 aliphatic carbocycles. The molecule has 0 aromatic carbocycles. The average molecular weight is 140 g/mol. The molecule has 0 aliphatic heterocycles. The first-order chi connectivity index (χ1) is 3.42. The van der Waals surface area contributed by atoms with E-state index in [-0.39, 0.29) is 5.75 Å². The first-order valence-corrected chi connectivity index (χ1v) is 4.29. The first kappa shape index (κ1) is 7.88. The van der Waals surface area contributed by atoms with Gasteiger partial charge in [-0.1, -0.05) is 0 Å². The molecular formula is C4H9FO2S. The van der Waals surface area contributed by atoms with Crippen LogP contribution in [0.15, 0.2) is 0 Å². The van der Waals surface area contributed by atoms with Gasteiger partial charge >= 0.3 is 0 Å². The van der Waals surface area contributed by atoms with E-state index in [2.05, 4.69) is 0 Å². The lowest BCUT2D eigenvalue weighted by Gasteiger charge is -1.95. The standard InChI is InChI=1S/C4H9FO2S/c1-4(5)3-8(2,6)7/h4H,3H2,1-2H3. The summed E-state index contributed by atoms with van der Waals surface area (Å²) in [6, 6.07) is 0. The van der Waals surface area contributed by atoms with Crippen molar-refractivity contribution < 1.29 is 12.8 Å². The minimum atomic E-state index is -3.10. The lowest BCUT2D eigenvalue weighted by atomic mass is 10.5. The number of halogens is 1. The van der Waals surface area contributed by atoms with Crippen molar-refractivity contribution in [3.63, 3.8) is 0 Å². The van der Waals surface area contributed by atoms with Crippen molar-refractivity contribution in [2.75, 3.05) is 12.0 Å². The fourth-order valence-electron chi connectivity index (χ4n) is 0.417. The predicted molar refractivity (Wildman–Crippen MR) is 30.3 cm³/mol. The molecule has 0 N–H and O–H groups in total. The van der Waals surface area contributed by atoms with Crippen LogP contribution in [0.1, 0.15) is 6.92 Å². The van der Waals surface area contributed by atoms with E-state index in [4.69, 9.17) is 0 Å². The Morgan fingerprint density at radius 2 is 2.00 bits per heavy atom. The number of sulfone groups is 1. The summed E-state index contributed by atoms with van der Waals surface area (Å²) < 4.78 is 32.2. The molecule has 2 nitrogen and oxygen atoms in total. The molecule has 0 heterocycles. The van der Waals surface area contributed by atoms with Gasteiger partial charge in [0.15, 0.2) is 0 Å². The molecule has 0 aliphatic rings. The quantitative estimate of drug-likeness (QED) is 0.556. The van der Waals surface area contributed by atoms with Gasteiger partial charge < -0.3 is 0 Å². The van der Waals surface area contributed by atoms with Crippen LogP contribution in [-0.4, -0.2) is 26.6 Å². The summed E-state index contributed by atoms with van der Waals surface area (Å²) in [5.74, 6) is -0.368. The summed E-state index contributed by atoms with van der Waals surface area (Å²) in [4.78, 5) is 0. The molecule has 0 radical (unpaired) electrons. The maximum Gasteiger partial charge on any atom is 0.150 e. The minimum absolute atomic E-state index is 0.368. The molecule has 4 heteroatoms. The van der Waals surface area contributed by atoms with E-state index in [1.807, 2.05) is 0 Å². The van der Waals surface area contributed by atoms with Crippen LogP contribution < -0.4 is 0 Å². The topological polar surface area (TPSA) is 34.1 Å². The molecule has 0 aromatic heterocycles. The van der Waals surface area contributed by atoms with Gasteiger partial charge in [0.1, 0.15) is 16.0 Å². The van der Waals surface area contributed by atoms with Gasteiger partial charge in [-0.3, -0.25) is 0 Å². The Balaban J connectivity index is 3.75. The molecule has 0 amide bonds. The van der Waals surface area contributed by atoms with Crippen molar-refractivity contribution in [2.45, 2.75) is 13.1 Å². The Morgan fingerprint density at radius 3 is 2.00 bits per heavy atom. The molecular weight excluding hydrogens is 131 g/mol. The summed E-state index contributed by atoms with van der Waals surface area (Å²) in [5, 5.41) is 0. The molecule has 1 atom stereocenters. The highest BCUT2D eigenvalue weighted by molar-refractivity contribution is 7.90. The van der Waals surface area contributed by atoms with Crippen LogP contribution in [0.3, 0.4) is 0 Å². The van der Waals surface area contributed by atoms with Crippen molar-refractivity contribution in [3.05, 3.63) is 0 Å². The van der Waals surface area contributed by atoms with Crippen LogP contribution in [-0.2, 0) is 9.84 Å². The zero-order chi connectivity index (χ0) is 6.78. The number of alkyl halides is 1. The fourth-order valence-corrected chi connectivity index (χ4v) is 1.25. The van der Waals surface area contributed by atoms with Crippen LogP contribution in [0.25, 0.3) is 0 Å². The summed E-state index contributed by atoms with van der Waals surface area (Å²) >= 11 is 0. The van der Waals surface area contributed by atoms with E-state index in [1.54, 1.807) is 0 Å². The van der Waals surface area contributed by atoms with E-state index in [1.165, 1.54) is 6.92 Å². The first-order valence-electron chi connectivity index (χ1n) is 2.23. The van der Waals surface area contributed by atoms with Gasteiger partial charge in [0.05, 0.1) is 5.75 Å². The third-order valence-electron chi connectivity index (χ3n) is 0.532. The zero-order valence-electron chi connectivity index (χ0n) is 4.89. The van der Waals surface area contributed by atoms with Crippen molar-refractivity contribution in [3.8, 4) is 0 Å². The molecule has 1 unspecified atom stereocenters. The summed E-state index contributed by atoms with van der Waals surface area (Å²) in [7, 11) is -3.10. The second-order valence-electron chi connectivity index (χ2n) is 1.87. The van der Waals surface area contributed by atoms with Gasteiger partial charge in [-0.25, -0.2) is 12.8 Å². The average Bonchev–Trinajstić information content (AvgIpc) is 1.21. The second-order valence-corrected chi connectivity index (χ2v) is 4.06. The highest BCUT2D eigenvalue weighted by Gasteiger charge is 2.07. The largest absolute Gasteiger partial charge is 0.247 e. The Morgan fingerprint density at radius 1 is 1.62 bits per heavy atom. The number of hydrogen-bond acceptors (Lipinski definition) is 2. The van der Waals surface area contributed by atoms with E-state index < -0.39 is 16.0 Å². The molecule has 0 rings (SSSR count). The smallest absolute Gasteiger partial charge is 0.150 e. The Kier molecular flexibility index (Phi) is 2.40. The number of hydrogen-bond donors (Lipinski definition) is 0. The Hall–Kier alpha value is -0.120. The van der Waals surface area contributed by atoms with Crippen molar-refractivity contribution in [2.24, 2.45) is 0 Å². The lowest BCUT2D eigenvalue weighted by molar-refractivity contribution is 0.392. The molecule has 8 heavy (non-hydrogen) atoms. The van der Waals surface area contributed by atoms with Gasteiger partial charge in [0.25, 0.3) is 0 Å². The maximum atomic E-state index is 11.8. The third-order valence-corrected chi connectivity index (χ3v) is 1.60. The normalized spacial score (nSPS) is 15.9. The van der Waals surface area contributed by atoms with Crippen molar-refractivity contribution in [1.29, 1.82) is 0 Å². The SMILES string of the molecule is CC(F)CS(C)(=O)=O. The molecule has 0 spiro atoms. The van der Waals surface area contributed by atoms with E-state index in [0.29, 0.717) is 0 Å². The van der Waals surface area contributed by atoms with Gasteiger partial charge in [-0.15, -0.1) is 0 Å². The van der Waals surface area contributed by atoms with E-state index >= 15 is 0 Å². The van der Waals surface area contributed by atoms with Gasteiger partial charge in [-0.2, -0.15) is 0 Å². The Labute approximate surface area is 48.6 Å². The second kappa shape index (κ2) is 2.44. The summed E-state index contributed by atoms with van der Waals surface area (Å²) in [6.45, 7) is 1.22. The molecule has 0 aromatic rings. The lowest BCUT2D eigenvalue weighted by Crippen LogP contribution is -2.11. The van der Waals surface area contributed by atoms with Crippen molar-refractivity contribution >= 4 is 9.84 Å². The van der Waals surface area contributed by atoms with Crippen LogP contribution >= 0.6 is 0 Å². The maximum absolute atomic E-state index is 11.8. The Bertz CT molecular complexity index is 147. The predicted octanol–water partition coefficient (Wildman–Crippen LogP) is 0.389.